The fraction of sp³-hybridized carbons (Fsp3) is 0.500. The Morgan fingerprint density at radius 2 is 2.09 bits per heavy atom. The van der Waals surface area contributed by atoms with E-state index in [4.69, 9.17) is 9.47 Å². The molecule has 0 aromatic heterocycles. The summed E-state index contributed by atoms with van der Waals surface area (Å²) < 4.78 is 12.8. The number of hydrogen-bond donors (Lipinski definition) is 1. The van der Waals surface area contributed by atoms with E-state index >= 15 is 0 Å². The molecule has 1 aliphatic heterocycles. The standard InChI is InChI=1S/C16H14I2O5/c1-5-2-6(17)3-9(18)13(5)22-15(20)10-7-4-8-11(10)16(21)23-14(8)12(7)19/h2-3,7-8,10-12,14,19H,4H2,1H3. The van der Waals surface area contributed by atoms with Crippen LogP contribution in [0, 0.1) is 37.7 Å². The van der Waals surface area contributed by atoms with Crippen molar-refractivity contribution < 1.29 is 24.2 Å². The van der Waals surface area contributed by atoms with Crippen molar-refractivity contribution in [1.82, 2.24) is 0 Å². The van der Waals surface area contributed by atoms with Crippen molar-refractivity contribution in [2.45, 2.75) is 25.6 Å². The van der Waals surface area contributed by atoms with Gasteiger partial charge < -0.3 is 14.6 Å². The largest absolute Gasteiger partial charge is 0.459 e. The summed E-state index contributed by atoms with van der Waals surface area (Å²) in [7, 11) is 0. The molecule has 6 unspecified atom stereocenters. The smallest absolute Gasteiger partial charge is 0.315 e. The van der Waals surface area contributed by atoms with E-state index < -0.39 is 30.0 Å². The Morgan fingerprint density at radius 1 is 1.35 bits per heavy atom. The fourth-order valence-corrected chi connectivity index (χ4v) is 6.57. The molecule has 3 fully saturated rings. The van der Waals surface area contributed by atoms with Crippen LogP contribution in [0.5, 0.6) is 5.75 Å². The molecule has 1 heterocycles. The van der Waals surface area contributed by atoms with Crippen molar-refractivity contribution in [2.75, 3.05) is 0 Å². The first kappa shape index (κ1) is 16.1. The summed E-state index contributed by atoms with van der Waals surface area (Å²) in [6, 6.07) is 3.88. The predicted molar refractivity (Wildman–Crippen MR) is 96.7 cm³/mol. The third-order valence-electron chi connectivity index (χ3n) is 5.24. The van der Waals surface area contributed by atoms with Gasteiger partial charge in [-0.3, -0.25) is 9.59 Å². The third-order valence-corrected chi connectivity index (χ3v) is 6.67. The topological polar surface area (TPSA) is 72.8 Å². The van der Waals surface area contributed by atoms with Crippen molar-refractivity contribution in [2.24, 2.45) is 23.7 Å². The van der Waals surface area contributed by atoms with Gasteiger partial charge in [0, 0.05) is 15.4 Å². The number of carbonyl (C=O) groups excluding carboxylic acids is 2. The summed E-state index contributed by atoms with van der Waals surface area (Å²) in [5, 5.41) is 10.3. The Bertz CT molecular complexity index is 695. The maximum absolute atomic E-state index is 12.7. The second-order valence-corrected chi connectivity index (χ2v) is 8.87. The number of fused-ring (bicyclic) bond motifs is 1. The molecule has 122 valence electrons. The molecule has 0 spiro atoms. The van der Waals surface area contributed by atoms with E-state index in [0.29, 0.717) is 12.2 Å². The lowest BCUT2D eigenvalue weighted by Crippen LogP contribution is -2.42. The molecule has 4 rings (SSSR count). The van der Waals surface area contributed by atoms with Gasteiger partial charge in [0.25, 0.3) is 0 Å². The molecule has 6 atom stereocenters. The van der Waals surface area contributed by atoms with Crippen molar-refractivity contribution in [1.29, 1.82) is 0 Å². The first-order valence-electron chi connectivity index (χ1n) is 7.44. The molecular formula is C16H14I2O5. The average Bonchev–Trinajstić information content (AvgIpc) is 3.06. The van der Waals surface area contributed by atoms with Gasteiger partial charge in [0.1, 0.15) is 11.9 Å². The first-order valence-corrected chi connectivity index (χ1v) is 9.60. The summed E-state index contributed by atoms with van der Waals surface area (Å²) in [4.78, 5) is 24.8. The average molecular weight is 540 g/mol. The van der Waals surface area contributed by atoms with Crippen LogP contribution in [0.3, 0.4) is 0 Å². The lowest BCUT2D eigenvalue weighted by Gasteiger charge is -2.27. The van der Waals surface area contributed by atoms with Crippen molar-refractivity contribution in [3.05, 3.63) is 24.8 Å². The summed E-state index contributed by atoms with van der Waals surface area (Å²) in [5.41, 5.74) is 0.880. The Balaban J connectivity index is 1.62. The molecule has 23 heavy (non-hydrogen) atoms. The van der Waals surface area contributed by atoms with Crippen LogP contribution in [-0.2, 0) is 14.3 Å². The Labute approximate surface area is 160 Å². The minimum absolute atomic E-state index is 0.0445. The molecule has 5 nitrogen and oxygen atoms in total. The quantitative estimate of drug-likeness (QED) is 0.355. The molecule has 2 aliphatic carbocycles. The maximum Gasteiger partial charge on any atom is 0.315 e. The van der Waals surface area contributed by atoms with E-state index in [-0.39, 0.29) is 17.8 Å². The normalized spacial score (nSPS) is 37.1. The van der Waals surface area contributed by atoms with E-state index in [9.17, 15) is 14.7 Å². The first-order chi connectivity index (χ1) is 10.9. The van der Waals surface area contributed by atoms with E-state index in [2.05, 4.69) is 45.2 Å². The van der Waals surface area contributed by atoms with Gasteiger partial charge in [-0.1, -0.05) is 0 Å². The number of aryl methyl sites for hydroxylation is 1. The van der Waals surface area contributed by atoms with Gasteiger partial charge in [-0.15, -0.1) is 0 Å². The van der Waals surface area contributed by atoms with Crippen LogP contribution >= 0.6 is 45.2 Å². The van der Waals surface area contributed by atoms with Gasteiger partial charge in [-0.05, 0) is 76.2 Å². The number of aliphatic hydroxyl groups is 1. The molecule has 7 heteroatoms. The summed E-state index contributed by atoms with van der Waals surface area (Å²) >= 11 is 4.35. The Kier molecular flexibility index (Phi) is 3.88. The van der Waals surface area contributed by atoms with Gasteiger partial charge in [-0.25, -0.2) is 0 Å². The van der Waals surface area contributed by atoms with Crippen molar-refractivity contribution in [3.63, 3.8) is 0 Å². The van der Waals surface area contributed by atoms with E-state index in [1.54, 1.807) is 0 Å². The molecule has 2 saturated carbocycles. The van der Waals surface area contributed by atoms with Gasteiger partial charge in [0.05, 0.1) is 21.5 Å². The maximum atomic E-state index is 12.7. The lowest BCUT2D eigenvalue weighted by atomic mass is 9.78. The fourth-order valence-electron chi connectivity index (χ4n) is 4.33. The number of halogens is 2. The van der Waals surface area contributed by atoms with Crippen LogP contribution in [0.15, 0.2) is 12.1 Å². The van der Waals surface area contributed by atoms with Crippen molar-refractivity contribution in [3.8, 4) is 5.75 Å². The van der Waals surface area contributed by atoms with Crippen LogP contribution in [0.2, 0.25) is 0 Å². The van der Waals surface area contributed by atoms with Gasteiger partial charge in [-0.2, -0.15) is 0 Å². The molecular weight excluding hydrogens is 526 g/mol. The number of rotatable bonds is 2. The summed E-state index contributed by atoms with van der Waals surface area (Å²) in [6.07, 6.45) is -0.524. The zero-order valence-electron chi connectivity index (χ0n) is 12.2. The number of esters is 2. The third kappa shape index (κ3) is 2.33. The highest BCUT2D eigenvalue weighted by Crippen LogP contribution is 2.58. The molecule has 0 amide bonds. The molecule has 1 aromatic carbocycles. The second kappa shape index (κ2) is 5.55. The van der Waals surface area contributed by atoms with E-state index in [1.807, 2.05) is 19.1 Å². The molecule has 1 N–H and O–H groups in total. The molecule has 1 aromatic rings. The van der Waals surface area contributed by atoms with Crippen LogP contribution in [0.1, 0.15) is 12.0 Å². The molecule has 3 aliphatic rings. The highest BCUT2D eigenvalue weighted by molar-refractivity contribution is 14.1. The monoisotopic (exact) mass is 540 g/mol. The zero-order valence-corrected chi connectivity index (χ0v) is 16.5. The molecule has 2 bridgehead atoms. The second-order valence-electron chi connectivity index (χ2n) is 6.46. The Morgan fingerprint density at radius 3 is 2.78 bits per heavy atom. The minimum atomic E-state index is -0.753. The number of hydrogen-bond acceptors (Lipinski definition) is 5. The van der Waals surface area contributed by atoms with Crippen molar-refractivity contribution >= 4 is 57.1 Å². The lowest BCUT2D eigenvalue weighted by molar-refractivity contribution is -0.149. The predicted octanol–water partition coefficient (Wildman–Crippen LogP) is 2.28. The number of carbonyl (C=O) groups is 2. The molecule has 1 saturated heterocycles. The SMILES string of the molecule is Cc1cc(I)cc(I)c1OC(=O)C1C2CC3C(OC(=O)C31)C2O. The highest BCUT2D eigenvalue weighted by atomic mass is 127. The summed E-state index contributed by atoms with van der Waals surface area (Å²) in [5.74, 6) is -1.60. The Hall–Kier alpha value is -0.420. The summed E-state index contributed by atoms with van der Waals surface area (Å²) in [6.45, 7) is 1.89. The number of benzene rings is 1. The van der Waals surface area contributed by atoms with Gasteiger partial charge >= 0.3 is 11.9 Å². The van der Waals surface area contributed by atoms with Gasteiger partial charge in [0.2, 0.25) is 0 Å². The van der Waals surface area contributed by atoms with Crippen LogP contribution < -0.4 is 4.74 Å². The van der Waals surface area contributed by atoms with Crippen LogP contribution in [-0.4, -0.2) is 29.3 Å². The van der Waals surface area contributed by atoms with Crippen LogP contribution in [0.25, 0.3) is 0 Å². The van der Waals surface area contributed by atoms with E-state index in [1.165, 1.54) is 0 Å². The number of ether oxygens (including phenoxy) is 2. The minimum Gasteiger partial charge on any atom is -0.459 e. The van der Waals surface area contributed by atoms with E-state index in [0.717, 1.165) is 12.7 Å². The highest BCUT2D eigenvalue weighted by Gasteiger charge is 2.68. The van der Waals surface area contributed by atoms with Crippen LogP contribution in [0.4, 0.5) is 0 Å². The zero-order chi connectivity index (χ0) is 16.5. The number of aliphatic hydroxyl groups excluding tert-OH is 1. The molecule has 0 radical (unpaired) electrons. The van der Waals surface area contributed by atoms with Gasteiger partial charge in [0.15, 0.2) is 0 Å².